The molecule has 4 aromatic rings. The average Bonchev–Trinajstić information content (AvgIpc) is 2.87. The van der Waals surface area contributed by atoms with E-state index in [4.69, 9.17) is 16.0 Å². The second-order valence-corrected chi connectivity index (χ2v) is 8.93. The van der Waals surface area contributed by atoms with Crippen LogP contribution in [0.5, 0.6) is 0 Å². The predicted molar refractivity (Wildman–Crippen MR) is 137 cm³/mol. The van der Waals surface area contributed by atoms with Gasteiger partial charge in [-0.1, -0.05) is 60.1 Å². The quantitative estimate of drug-likeness (QED) is 0.286. The Morgan fingerprint density at radius 2 is 1.59 bits per heavy atom. The molecule has 0 aliphatic carbocycles. The summed E-state index contributed by atoms with van der Waals surface area (Å²) in [5.41, 5.74) is 4.15. The minimum atomic E-state index is -0.501. The lowest BCUT2D eigenvalue weighted by Gasteiger charge is -2.36. The molecule has 6 heteroatoms. The topological polar surface area (TPSA) is 53.8 Å². The molecule has 0 amide bonds. The van der Waals surface area contributed by atoms with Gasteiger partial charge in [-0.05, 0) is 29.3 Å². The van der Waals surface area contributed by atoms with E-state index in [1.807, 2.05) is 42.5 Å². The average molecular weight is 473 g/mol. The molecule has 1 aliphatic heterocycles. The van der Waals surface area contributed by atoms with E-state index in [0.717, 1.165) is 54.5 Å². The van der Waals surface area contributed by atoms with Crippen LogP contribution in [-0.4, -0.2) is 37.4 Å². The van der Waals surface area contributed by atoms with Gasteiger partial charge in [-0.3, -0.25) is 4.90 Å². The Morgan fingerprint density at radius 3 is 2.26 bits per heavy atom. The van der Waals surface area contributed by atoms with Gasteiger partial charge in [0.2, 0.25) is 0 Å². The highest BCUT2D eigenvalue weighted by Crippen LogP contribution is 2.34. The Morgan fingerprint density at radius 1 is 0.912 bits per heavy atom. The summed E-state index contributed by atoms with van der Waals surface area (Å²) in [5, 5.41) is 1.37. The Balaban J connectivity index is 1.48. The summed E-state index contributed by atoms with van der Waals surface area (Å²) < 4.78 is 5.58. The highest BCUT2D eigenvalue weighted by molar-refractivity contribution is 6.32. The molecule has 1 aliphatic rings. The molecule has 3 aromatic carbocycles. The van der Waals surface area contributed by atoms with Crippen molar-refractivity contribution >= 4 is 34.5 Å². The summed E-state index contributed by atoms with van der Waals surface area (Å²) in [6.07, 6.45) is 0.746. The van der Waals surface area contributed by atoms with E-state index in [2.05, 4.69) is 34.1 Å². The van der Waals surface area contributed by atoms with Crippen molar-refractivity contribution in [1.29, 1.82) is 0 Å². The summed E-state index contributed by atoms with van der Waals surface area (Å²) in [5.74, 6) is 0. The number of carbonyl (C=O) groups excluding carboxylic acids is 1. The first-order valence-electron chi connectivity index (χ1n) is 11.4. The van der Waals surface area contributed by atoms with Crippen LogP contribution in [0.3, 0.4) is 0 Å². The van der Waals surface area contributed by atoms with Crippen LogP contribution in [0, 0.1) is 0 Å². The Bertz CT molecular complexity index is 1360. The monoisotopic (exact) mass is 472 g/mol. The molecule has 1 saturated heterocycles. The van der Waals surface area contributed by atoms with Crippen LogP contribution in [0.2, 0.25) is 5.02 Å². The fraction of sp³-hybridized carbons (Fsp3) is 0.214. The van der Waals surface area contributed by atoms with Crippen LogP contribution in [0.25, 0.3) is 22.1 Å². The van der Waals surface area contributed by atoms with Gasteiger partial charge in [0, 0.05) is 66.9 Å². The first-order chi connectivity index (χ1) is 16.6. The second kappa shape index (κ2) is 9.84. The lowest BCUT2D eigenvalue weighted by molar-refractivity contribution is -0.107. The molecule has 0 radical (unpaired) electrons. The zero-order valence-corrected chi connectivity index (χ0v) is 19.5. The smallest absolute Gasteiger partial charge is 0.340 e. The number of fused-ring (bicyclic) bond motifs is 1. The maximum absolute atomic E-state index is 12.7. The summed E-state index contributed by atoms with van der Waals surface area (Å²) >= 11 is 6.64. The van der Waals surface area contributed by atoms with Crippen molar-refractivity contribution in [3.63, 3.8) is 0 Å². The maximum Gasteiger partial charge on any atom is 0.340 e. The summed E-state index contributed by atoms with van der Waals surface area (Å²) in [6.45, 7) is 4.45. The SMILES string of the molecule is O=CCc1c(-c2ccccc2)c2cc(CN3CCN(c4ccccc4)CC3)c(Cl)cc2oc1=O. The van der Waals surface area contributed by atoms with E-state index in [-0.39, 0.29) is 6.42 Å². The number of halogens is 1. The van der Waals surface area contributed by atoms with E-state index in [0.29, 0.717) is 22.7 Å². The summed E-state index contributed by atoms with van der Waals surface area (Å²) in [7, 11) is 0. The van der Waals surface area contributed by atoms with Gasteiger partial charge < -0.3 is 14.1 Å². The maximum atomic E-state index is 12.7. The molecule has 0 unspecified atom stereocenters. The van der Waals surface area contributed by atoms with Crippen molar-refractivity contribution in [2.45, 2.75) is 13.0 Å². The van der Waals surface area contributed by atoms with Crippen molar-refractivity contribution in [2.75, 3.05) is 31.1 Å². The van der Waals surface area contributed by atoms with Crippen LogP contribution < -0.4 is 10.5 Å². The Kier molecular flexibility index (Phi) is 6.48. The fourth-order valence-corrected chi connectivity index (χ4v) is 4.89. The van der Waals surface area contributed by atoms with Crippen LogP contribution in [0.1, 0.15) is 11.1 Å². The van der Waals surface area contributed by atoms with Crippen LogP contribution in [0.15, 0.2) is 82.0 Å². The zero-order chi connectivity index (χ0) is 23.5. The lowest BCUT2D eigenvalue weighted by atomic mass is 9.94. The number of benzene rings is 3. The number of nitrogens with zero attached hydrogens (tertiary/aromatic N) is 2. The molecule has 1 aromatic heterocycles. The second-order valence-electron chi connectivity index (χ2n) is 8.52. The molecular weight excluding hydrogens is 448 g/mol. The van der Waals surface area contributed by atoms with E-state index >= 15 is 0 Å². The molecular formula is C28H25ClN2O3. The van der Waals surface area contributed by atoms with Gasteiger partial charge in [-0.2, -0.15) is 0 Å². The van der Waals surface area contributed by atoms with Gasteiger partial charge in [0.25, 0.3) is 0 Å². The minimum Gasteiger partial charge on any atom is -0.422 e. The molecule has 2 heterocycles. The highest BCUT2D eigenvalue weighted by Gasteiger charge is 2.21. The van der Waals surface area contributed by atoms with Crippen molar-refractivity contribution in [3.05, 3.63) is 99.4 Å². The third kappa shape index (κ3) is 4.49. The molecule has 34 heavy (non-hydrogen) atoms. The van der Waals surface area contributed by atoms with Gasteiger partial charge in [0.05, 0.1) is 5.56 Å². The van der Waals surface area contributed by atoms with Gasteiger partial charge in [0.1, 0.15) is 11.9 Å². The number of rotatable bonds is 6. The number of aldehydes is 1. The Labute approximate surface area is 203 Å². The van der Waals surface area contributed by atoms with E-state index < -0.39 is 5.63 Å². The summed E-state index contributed by atoms with van der Waals surface area (Å²) in [6, 6.07) is 23.9. The zero-order valence-electron chi connectivity index (χ0n) is 18.7. The van der Waals surface area contributed by atoms with Crippen LogP contribution >= 0.6 is 11.6 Å². The lowest BCUT2D eigenvalue weighted by Crippen LogP contribution is -2.46. The molecule has 0 saturated carbocycles. The number of piperazine rings is 1. The van der Waals surface area contributed by atoms with E-state index in [9.17, 15) is 9.59 Å². The van der Waals surface area contributed by atoms with Crippen molar-refractivity contribution < 1.29 is 9.21 Å². The van der Waals surface area contributed by atoms with Crippen molar-refractivity contribution in [2.24, 2.45) is 0 Å². The first kappa shape index (κ1) is 22.4. The van der Waals surface area contributed by atoms with E-state index in [1.165, 1.54) is 5.69 Å². The van der Waals surface area contributed by atoms with Gasteiger partial charge in [0.15, 0.2) is 0 Å². The number of carbonyl (C=O) groups is 1. The largest absolute Gasteiger partial charge is 0.422 e. The highest BCUT2D eigenvalue weighted by atomic mass is 35.5. The van der Waals surface area contributed by atoms with Gasteiger partial charge in [-0.15, -0.1) is 0 Å². The van der Waals surface area contributed by atoms with Crippen LogP contribution in [0.4, 0.5) is 5.69 Å². The molecule has 5 nitrogen and oxygen atoms in total. The molecule has 1 fully saturated rings. The number of hydrogen-bond donors (Lipinski definition) is 0. The third-order valence-electron chi connectivity index (χ3n) is 6.41. The van der Waals surface area contributed by atoms with Gasteiger partial charge >= 0.3 is 5.63 Å². The molecule has 0 bridgehead atoms. The van der Waals surface area contributed by atoms with Gasteiger partial charge in [-0.25, -0.2) is 4.79 Å². The van der Waals surface area contributed by atoms with E-state index in [1.54, 1.807) is 6.07 Å². The third-order valence-corrected chi connectivity index (χ3v) is 6.76. The minimum absolute atomic E-state index is 0.00189. The predicted octanol–water partition coefficient (Wildman–Crippen LogP) is 5.18. The first-order valence-corrected chi connectivity index (χ1v) is 11.8. The standard InChI is InChI=1S/C28H25ClN2O3/c29-25-18-26-24(27(20-7-3-1-4-8-20)23(11-16-32)28(33)34-26)17-21(25)19-30-12-14-31(15-13-30)22-9-5-2-6-10-22/h1-10,16-18H,11-15,19H2. The molecule has 0 N–H and O–H groups in total. The Hall–Kier alpha value is -3.41. The number of hydrogen-bond acceptors (Lipinski definition) is 5. The fourth-order valence-electron chi connectivity index (χ4n) is 4.67. The van der Waals surface area contributed by atoms with Crippen molar-refractivity contribution in [3.8, 4) is 11.1 Å². The molecule has 172 valence electrons. The molecule has 0 atom stereocenters. The molecule has 0 spiro atoms. The number of anilines is 1. The number of para-hydroxylation sites is 1. The summed E-state index contributed by atoms with van der Waals surface area (Å²) in [4.78, 5) is 28.8. The normalized spacial score (nSPS) is 14.4. The molecule has 5 rings (SSSR count). The van der Waals surface area contributed by atoms with Crippen molar-refractivity contribution in [1.82, 2.24) is 4.90 Å². The van der Waals surface area contributed by atoms with Crippen LogP contribution in [-0.2, 0) is 17.8 Å².